The molecule has 2 atom stereocenters. The Morgan fingerprint density at radius 1 is 1.26 bits per heavy atom. The quantitative estimate of drug-likeness (QED) is 0.747. The van der Waals surface area contributed by atoms with Crippen LogP contribution in [0.5, 0.6) is 0 Å². The van der Waals surface area contributed by atoms with Crippen molar-refractivity contribution in [3.8, 4) is 0 Å². The summed E-state index contributed by atoms with van der Waals surface area (Å²) < 4.78 is 0. The average molecular weight is 371 g/mol. The molecule has 6 heteroatoms. The lowest BCUT2D eigenvalue weighted by atomic mass is 9.96. The first-order valence-electron chi connectivity index (χ1n) is 9.87. The molecule has 27 heavy (non-hydrogen) atoms. The number of likely N-dealkylation sites (tertiary alicyclic amines) is 1. The van der Waals surface area contributed by atoms with E-state index in [0.717, 1.165) is 25.1 Å². The Balaban J connectivity index is 1.49. The van der Waals surface area contributed by atoms with Gasteiger partial charge >= 0.3 is 0 Å². The van der Waals surface area contributed by atoms with Crippen LogP contribution < -0.4 is 10.6 Å². The number of amides is 3. The summed E-state index contributed by atoms with van der Waals surface area (Å²) in [7, 11) is 0. The minimum Gasteiger partial charge on any atom is -0.352 e. The number of benzene rings is 1. The maximum absolute atomic E-state index is 12.4. The SMILES string of the molecule is CC(C)N1CCCC(CNC(=O)c2ccc(CC3CC(=O)NC3=O)cc2)C1. The highest BCUT2D eigenvalue weighted by Gasteiger charge is 2.30. The summed E-state index contributed by atoms with van der Waals surface area (Å²) in [5.41, 5.74) is 1.59. The fourth-order valence-corrected chi connectivity index (χ4v) is 3.92. The van der Waals surface area contributed by atoms with Crippen molar-refractivity contribution in [2.24, 2.45) is 11.8 Å². The molecule has 2 N–H and O–H groups in total. The molecule has 0 spiro atoms. The van der Waals surface area contributed by atoms with Crippen LogP contribution in [0.3, 0.4) is 0 Å². The Labute approximate surface area is 160 Å². The van der Waals surface area contributed by atoms with Crippen LogP contribution >= 0.6 is 0 Å². The molecule has 146 valence electrons. The Morgan fingerprint density at radius 2 is 2.00 bits per heavy atom. The van der Waals surface area contributed by atoms with E-state index in [0.29, 0.717) is 30.5 Å². The summed E-state index contributed by atoms with van der Waals surface area (Å²) in [6, 6.07) is 7.87. The second kappa shape index (κ2) is 8.65. The molecule has 0 aromatic heterocycles. The molecule has 2 unspecified atom stereocenters. The topological polar surface area (TPSA) is 78.5 Å². The number of hydrogen-bond donors (Lipinski definition) is 2. The summed E-state index contributed by atoms with van der Waals surface area (Å²) in [4.78, 5) is 37.8. The van der Waals surface area contributed by atoms with Gasteiger partial charge in [0.2, 0.25) is 11.8 Å². The number of carbonyl (C=O) groups is 3. The fourth-order valence-electron chi connectivity index (χ4n) is 3.92. The van der Waals surface area contributed by atoms with Gasteiger partial charge in [-0.2, -0.15) is 0 Å². The van der Waals surface area contributed by atoms with Crippen molar-refractivity contribution in [2.75, 3.05) is 19.6 Å². The zero-order valence-electron chi connectivity index (χ0n) is 16.2. The first kappa shape index (κ1) is 19.5. The number of hydrogen-bond acceptors (Lipinski definition) is 4. The van der Waals surface area contributed by atoms with Crippen molar-refractivity contribution in [1.82, 2.24) is 15.5 Å². The van der Waals surface area contributed by atoms with Crippen molar-refractivity contribution in [3.63, 3.8) is 0 Å². The first-order valence-corrected chi connectivity index (χ1v) is 9.87. The molecule has 1 aromatic rings. The third-order valence-corrected chi connectivity index (χ3v) is 5.60. The lowest BCUT2D eigenvalue weighted by molar-refractivity contribution is -0.125. The Bertz CT molecular complexity index is 699. The Morgan fingerprint density at radius 3 is 2.63 bits per heavy atom. The molecule has 6 nitrogen and oxygen atoms in total. The van der Waals surface area contributed by atoms with E-state index in [1.54, 1.807) is 12.1 Å². The van der Waals surface area contributed by atoms with E-state index < -0.39 is 0 Å². The third kappa shape index (κ3) is 5.16. The number of imide groups is 1. The monoisotopic (exact) mass is 371 g/mol. The minimum absolute atomic E-state index is 0.0583. The van der Waals surface area contributed by atoms with Crippen LogP contribution in [0.2, 0.25) is 0 Å². The molecule has 3 rings (SSSR count). The van der Waals surface area contributed by atoms with Crippen LogP contribution in [0.25, 0.3) is 0 Å². The van der Waals surface area contributed by atoms with E-state index in [-0.39, 0.29) is 30.1 Å². The van der Waals surface area contributed by atoms with Crippen LogP contribution in [-0.4, -0.2) is 48.3 Å². The predicted molar refractivity (Wildman–Crippen MR) is 103 cm³/mol. The van der Waals surface area contributed by atoms with Gasteiger partial charge < -0.3 is 10.2 Å². The van der Waals surface area contributed by atoms with Crippen molar-refractivity contribution < 1.29 is 14.4 Å². The zero-order chi connectivity index (χ0) is 19.4. The van der Waals surface area contributed by atoms with Crippen molar-refractivity contribution in [2.45, 2.75) is 45.6 Å². The molecule has 3 amide bonds. The fraction of sp³-hybridized carbons (Fsp3) is 0.571. The average Bonchev–Trinajstić information content (AvgIpc) is 2.97. The van der Waals surface area contributed by atoms with Gasteiger partial charge in [-0.25, -0.2) is 0 Å². The third-order valence-electron chi connectivity index (χ3n) is 5.60. The van der Waals surface area contributed by atoms with Gasteiger partial charge in [-0.05, 0) is 63.3 Å². The van der Waals surface area contributed by atoms with Gasteiger partial charge in [0.15, 0.2) is 0 Å². The largest absolute Gasteiger partial charge is 0.352 e. The summed E-state index contributed by atoms with van der Waals surface area (Å²) in [6.45, 7) is 7.32. The molecule has 2 saturated heterocycles. The van der Waals surface area contributed by atoms with E-state index in [1.807, 2.05) is 12.1 Å². The molecule has 2 fully saturated rings. The van der Waals surface area contributed by atoms with Crippen molar-refractivity contribution in [1.29, 1.82) is 0 Å². The summed E-state index contributed by atoms with van der Waals surface area (Å²) in [6.07, 6.45) is 3.11. The van der Waals surface area contributed by atoms with Crippen molar-refractivity contribution in [3.05, 3.63) is 35.4 Å². The van der Waals surface area contributed by atoms with E-state index in [2.05, 4.69) is 29.4 Å². The van der Waals surface area contributed by atoms with Crippen LogP contribution in [0, 0.1) is 11.8 Å². The van der Waals surface area contributed by atoms with E-state index in [1.165, 1.54) is 6.42 Å². The molecule has 2 heterocycles. The van der Waals surface area contributed by atoms with Crippen LogP contribution in [0.4, 0.5) is 0 Å². The lowest BCUT2D eigenvalue weighted by Gasteiger charge is -2.35. The highest BCUT2D eigenvalue weighted by molar-refractivity contribution is 6.03. The standard InChI is InChI=1S/C21H29N3O3/c1-14(2)24-9-3-4-16(13-24)12-22-20(26)17-7-5-15(6-8-17)10-18-11-19(25)23-21(18)27/h5-8,14,16,18H,3-4,9-13H2,1-2H3,(H,22,26)(H,23,25,27). The number of piperidine rings is 1. The Hall–Kier alpha value is -2.21. The molecule has 1 aromatic carbocycles. The maximum Gasteiger partial charge on any atom is 0.251 e. The van der Waals surface area contributed by atoms with Gasteiger partial charge in [-0.15, -0.1) is 0 Å². The molecule has 0 aliphatic carbocycles. The van der Waals surface area contributed by atoms with Gasteiger partial charge in [0.05, 0.1) is 5.92 Å². The molecule has 2 aliphatic rings. The molecular weight excluding hydrogens is 342 g/mol. The number of carbonyl (C=O) groups excluding carboxylic acids is 3. The number of nitrogens with zero attached hydrogens (tertiary/aromatic N) is 1. The van der Waals surface area contributed by atoms with Crippen molar-refractivity contribution >= 4 is 17.7 Å². The molecule has 0 bridgehead atoms. The number of nitrogens with one attached hydrogen (secondary N) is 2. The van der Waals surface area contributed by atoms with Gasteiger partial charge in [0, 0.05) is 31.1 Å². The maximum atomic E-state index is 12.4. The predicted octanol–water partition coefficient (Wildman–Crippen LogP) is 1.74. The second-order valence-electron chi connectivity index (χ2n) is 8.02. The van der Waals surface area contributed by atoms with E-state index >= 15 is 0 Å². The highest BCUT2D eigenvalue weighted by Crippen LogP contribution is 2.19. The molecule has 0 radical (unpaired) electrons. The van der Waals surface area contributed by atoms with Crippen LogP contribution in [-0.2, 0) is 16.0 Å². The van der Waals surface area contributed by atoms with Crippen LogP contribution in [0.15, 0.2) is 24.3 Å². The zero-order valence-corrected chi connectivity index (χ0v) is 16.2. The Kier molecular flexibility index (Phi) is 6.26. The first-order chi connectivity index (χ1) is 12.9. The summed E-state index contributed by atoms with van der Waals surface area (Å²) in [5.74, 6) is -0.267. The van der Waals surface area contributed by atoms with E-state index in [9.17, 15) is 14.4 Å². The highest BCUT2D eigenvalue weighted by atomic mass is 16.2. The van der Waals surface area contributed by atoms with Gasteiger partial charge in [0.1, 0.15) is 0 Å². The summed E-state index contributed by atoms with van der Waals surface area (Å²) in [5, 5.41) is 5.39. The van der Waals surface area contributed by atoms with Gasteiger partial charge in [0.25, 0.3) is 5.91 Å². The van der Waals surface area contributed by atoms with E-state index in [4.69, 9.17) is 0 Å². The van der Waals surface area contributed by atoms with Gasteiger partial charge in [-0.3, -0.25) is 19.7 Å². The van der Waals surface area contributed by atoms with Crippen LogP contribution in [0.1, 0.15) is 49.0 Å². The normalized spacial score (nSPS) is 23.5. The smallest absolute Gasteiger partial charge is 0.251 e. The summed E-state index contributed by atoms with van der Waals surface area (Å²) >= 11 is 0. The number of rotatable bonds is 6. The second-order valence-corrected chi connectivity index (χ2v) is 8.02. The minimum atomic E-state index is -0.299. The molecular formula is C21H29N3O3. The molecule has 2 aliphatic heterocycles. The lowest BCUT2D eigenvalue weighted by Crippen LogP contribution is -2.43. The molecule has 0 saturated carbocycles. The van der Waals surface area contributed by atoms with Gasteiger partial charge in [-0.1, -0.05) is 12.1 Å².